The Morgan fingerprint density at radius 2 is 2.06 bits per heavy atom. The normalized spacial score (nSPS) is 10.3. The summed E-state index contributed by atoms with van der Waals surface area (Å²) < 4.78 is 5.82. The Bertz CT molecular complexity index is 525. The van der Waals surface area contributed by atoms with Crippen molar-refractivity contribution in [2.24, 2.45) is 0 Å². The van der Waals surface area contributed by atoms with Gasteiger partial charge in [-0.05, 0) is 37.1 Å². The molecule has 0 amide bonds. The van der Waals surface area contributed by atoms with Gasteiger partial charge in [-0.2, -0.15) is 0 Å². The topological polar surface area (TPSA) is 22.1 Å². The first-order chi connectivity index (χ1) is 8.20. The summed E-state index contributed by atoms with van der Waals surface area (Å²) in [7, 11) is 0. The molecule has 0 atom stereocenters. The number of halogens is 1. The number of ether oxygens (including phenoxy) is 1. The van der Waals surface area contributed by atoms with Crippen molar-refractivity contribution in [1.29, 1.82) is 0 Å². The second-order valence-corrected chi connectivity index (χ2v) is 4.24. The lowest BCUT2D eigenvalue weighted by molar-refractivity contribution is 0.454. The van der Waals surface area contributed by atoms with Crippen LogP contribution in [0.15, 0.2) is 36.5 Å². The van der Waals surface area contributed by atoms with Crippen LogP contribution in [0.1, 0.15) is 16.7 Å². The Balaban J connectivity index is 2.34. The standard InChI is InChI=1S/C14H14ClNO/c1-10-5-6-11(2)13(8-10)17-14-12(9-15)4-3-7-16-14/h3-8H,9H2,1-2H3. The number of aromatic nitrogens is 1. The fourth-order valence-electron chi connectivity index (χ4n) is 1.54. The van der Waals surface area contributed by atoms with Crippen molar-refractivity contribution in [1.82, 2.24) is 4.98 Å². The number of hydrogen-bond donors (Lipinski definition) is 0. The minimum absolute atomic E-state index is 0.397. The Hall–Kier alpha value is -1.54. The molecule has 3 heteroatoms. The molecule has 0 N–H and O–H groups in total. The highest BCUT2D eigenvalue weighted by Crippen LogP contribution is 2.27. The van der Waals surface area contributed by atoms with Crippen LogP contribution in [0.5, 0.6) is 11.6 Å². The highest BCUT2D eigenvalue weighted by molar-refractivity contribution is 6.17. The van der Waals surface area contributed by atoms with E-state index < -0.39 is 0 Å². The third-order valence-electron chi connectivity index (χ3n) is 2.54. The van der Waals surface area contributed by atoms with Gasteiger partial charge < -0.3 is 4.74 Å². The molecule has 1 heterocycles. The molecule has 0 saturated heterocycles. The Labute approximate surface area is 106 Å². The van der Waals surface area contributed by atoms with Crippen molar-refractivity contribution in [3.63, 3.8) is 0 Å². The molecule has 2 aromatic rings. The maximum atomic E-state index is 5.85. The molecule has 88 valence electrons. The van der Waals surface area contributed by atoms with Gasteiger partial charge in [0.25, 0.3) is 0 Å². The molecule has 0 fully saturated rings. The van der Waals surface area contributed by atoms with E-state index in [2.05, 4.69) is 11.1 Å². The van der Waals surface area contributed by atoms with Crippen molar-refractivity contribution in [2.45, 2.75) is 19.7 Å². The van der Waals surface area contributed by atoms with Crippen molar-refractivity contribution < 1.29 is 4.74 Å². The lowest BCUT2D eigenvalue weighted by Crippen LogP contribution is -1.94. The van der Waals surface area contributed by atoms with Gasteiger partial charge in [-0.25, -0.2) is 4.98 Å². The van der Waals surface area contributed by atoms with Gasteiger partial charge in [-0.3, -0.25) is 0 Å². The van der Waals surface area contributed by atoms with Crippen LogP contribution in [0.2, 0.25) is 0 Å². The average molecular weight is 248 g/mol. The fourth-order valence-corrected chi connectivity index (χ4v) is 1.74. The SMILES string of the molecule is Cc1ccc(C)c(Oc2ncccc2CCl)c1. The van der Waals surface area contributed by atoms with E-state index in [1.54, 1.807) is 6.20 Å². The Morgan fingerprint density at radius 3 is 2.82 bits per heavy atom. The molecule has 1 aromatic carbocycles. The Kier molecular flexibility index (Phi) is 3.64. The molecule has 0 unspecified atom stereocenters. The van der Waals surface area contributed by atoms with E-state index >= 15 is 0 Å². The molecule has 0 radical (unpaired) electrons. The molecular formula is C14H14ClNO. The summed E-state index contributed by atoms with van der Waals surface area (Å²) in [6.07, 6.45) is 1.70. The maximum absolute atomic E-state index is 5.85. The summed E-state index contributed by atoms with van der Waals surface area (Å²) in [6, 6.07) is 9.87. The summed E-state index contributed by atoms with van der Waals surface area (Å²) in [5.74, 6) is 1.81. The molecule has 0 spiro atoms. The van der Waals surface area contributed by atoms with Crippen molar-refractivity contribution in [3.05, 3.63) is 53.2 Å². The first kappa shape index (κ1) is 11.9. The zero-order valence-electron chi connectivity index (χ0n) is 9.90. The van der Waals surface area contributed by atoms with Crippen LogP contribution in [0, 0.1) is 13.8 Å². The summed E-state index contributed by atoms with van der Waals surface area (Å²) in [4.78, 5) is 4.21. The summed E-state index contributed by atoms with van der Waals surface area (Å²) >= 11 is 5.85. The minimum Gasteiger partial charge on any atom is -0.438 e. The zero-order chi connectivity index (χ0) is 12.3. The van der Waals surface area contributed by atoms with E-state index in [0.29, 0.717) is 11.8 Å². The van der Waals surface area contributed by atoms with E-state index in [0.717, 1.165) is 22.4 Å². The van der Waals surface area contributed by atoms with Gasteiger partial charge in [0.15, 0.2) is 0 Å². The highest BCUT2D eigenvalue weighted by atomic mass is 35.5. The quantitative estimate of drug-likeness (QED) is 0.758. The zero-order valence-corrected chi connectivity index (χ0v) is 10.7. The molecule has 0 bridgehead atoms. The lowest BCUT2D eigenvalue weighted by Gasteiger charge is -2.10. The van der Waals surface area contributed by atoms with E-state index in [4.69, 9.17) is 16.3 Å². The van der Waals surface area contributed by atoms with Gasteiger partial charge in [-0.1, -0.05) is 18.2 Å². The molecule has 0 aliphatic rings. The summed E-state index contributed by atoms with van der Waals surface area (Å²) in [5, 5.41) is 0. The van der Waals surface area contributed by atoms with Crippen LogP contribution >= 0.6 is 11.6 Å². The fraction of sp³-hybridized carbons (Fsp3) is 0.214. The van der Waals surface area contributed by atoms with Gasteiger partial charge in [0, 0.05) is 11.8 Å². The van der Waals surface area contributed by atoms with Crippen LogP contribution in [-0.4, -0.2) is 4.98 Å². The van der Waals surface area contributed by atoms with Crippen LogP contribution in [0.3, 0.4) is 0 Å². The van der Waals surface area contributed by atoms with Crippen LogP contribution in [-0.2, 0) is 5.88 Å². The molecule has 2 rings (SSSR count). The minimum atomic E-state index is 0.397. The predicted octanol–water partition coefficient (Wildman–Crippen LogP) is 4.23. The smallest absolute Gasteiger partial charge is 0.223 e. The van der Waals surface area contributed by atoms with E-state index in [-0.39, 0.29) is 0 Å². The number of rotatable bonds is 3. The number of benzene rings is 1. The van der Waals surface area contributed by atoms with Crippen LogP contribution in [0.4, 0.5) is 0 Å². The van der Waals surface area contributed by atoms with Gasteiger partial charge in [0.2, 0.25) is 5.88 Å². The maximum Gasteiger partial charge on any atom is 0.223 e. The third kappa shape index (κ3) is 2.77. The van der Waals surface area contributed by atoms with Gasteiger partial charge >= 0.3 is 0 Å². The van der Waals surface area contributed by atoms with Crippen molar-refractivity contribution >= 4 is 11.6 Å². The number of nitrogens with zero attached hydrogens (tertiary/aromatic N) is 1. The van der Waals surface area contributed by atoms with Gasteiger partial charge in [-0.15, -0.1) is 11.6 Å². The molecule has 0 saturated carbocycles. The molecule has 1 aromatic heterocycles. The second kappa shape index (κ2) is 5.19. The molecule has 0 aliphatic heterocycles. The van der Waals surface area contributed by atoms with E-state index in [1.165, 1.54) is 0 Å². The molecule has 17 heavy (non-hydrogen) atoms. The largest absolute Gasteiger partial charge is 0.438 e. The number of alkyl halides is 1. The second-order valence-electron chi connectivity index (χ2n) is 3.97. The van der Waals surface area contributed by atoms with Crippen LogP contribution < -0.4 is 4.74 Å². The number of aryl methyl sites for hydroxylation is 2. The molecule has 0 aliphatic carbocycles. The summed E-state index contributed by atoms with van der Waals surface area (Å²) in [5.41, 5.74) is 3.14. The molecular weight excluding hydrogens is 234 g/mol. The monoisotopic (exact) mass is 247 g/mol. The first-order valence-electron chi connectivity index (χ1n) is 5.45. The highest BCUT2D eigenvalue weighted by Gasteiger charge is 2.07. The predicted molar refractivity (Wildman–Crippen MR) is 69.8 cm³/mol. The van der Waals surface area contributed by atoms with E-state index in [9.17, 15) is 0 Å². The van der Waals surface area contributed by atoms with E-state index in [1.807, 2.05) is 38.1 Å². The molecule has 2 nitrogen and oxygen atoms in total. The van der Waals surface area contributed by atoms with Crippen LogP contribution in [0.25, 0.3) is 0 Å². The number of hydrogen-bond acceptors (Lipinski definition) is 2. The third-order valence-corrected chi connectivity index (χ3v) is 2.83. The first-order valence-corrected chi connectivity index (χ1v) is 5.99. The van der Waals surface area contributed by atoms with Gasteiger partial charge in [0.05, 0.1) is 5.88 Å². The van der Waals surface area contributed by atoms with Gasteiger partial charge in [0.1, 0.15) is 5.75 Å². The lowest BCUT2D eigenvalue weighted by atomic mass is 10.1. The van der Waals surface area contributed by atoms with Crippen molar-refractivity contribution in [3.8, 4) is 11.6 Å². The summed E-state index contributed by atoms with van der Waals surface area (Å²) in [6.45, 7) is 4.05. The van der Waals surface area contributed by atoms with Crippen molar-refractivity contribution in [2.75, 3.05) is 0 Å². The Morgan fingerprint density at radius 1 is 1.24 bits per heavy atom. The average Bonchev–Trinajstić information content (AvgIpc) is 2.34. The number of pyridine rings is 1.